The van der Waals surface area contributed by atoms with Crippen LogP contribution in [0, 0.1) is 5.92 Å². The zero-order valence-corrected chi connectivity index (χ0v) is 16.0. The Morgan fingerprint density at radius 2 is 1.41 bits per heavy atom. The lowest BCUT2D eigenvalue weighted by atomic mass is 10.0. The number of carbonyl (C=O) groups is 6. The van der Waals surface area contributed by atoms with E-state index in [1.54, 1.807) is 13.8 Å². The molecular weight excluding hydrogens is 392 g/mol. The first kappa shape index (κ1) is 25.8. The minimum absolute atomic E-state index is 0.268. The van der Waals surface area contributed by atoms with Crippen LogP contribution in [0.3, 0.4) is 0 Å². The SMILES string of the molecule is CC(C)[C@H](NC(=O)[C@H](CCC(=O)O)NC(=O)CN)C(=O)N[C@@H](CC(=O)O)C(=O)O. The second-order valence-electron chi connectivity index (χ2n) is 6.48. The van der Waals surface area contributed by atoms with Gasteiger partial charge in [-0.2, -0.15) is 0 Å². The number of amides is 3. The molecule has 13 heteroatoms. The zero-order valence-electron chi connectivity index (χ0n) is 16.0. The molecule has 0 aromatic carbocycles. The van der Waals surface area contributed by atoms with Crippen LogP contribution in [-0.4, -0.2) is 75.6 Å². The van der Waals surface area contributed by atoms with Crippen LogP contribution in [0.25, 0.3) is 0 Å². The molecule has 0 aliphatic heterocycles. The molecule has 0 aromatic rings. The Labute approximate surface area is 166 Å². The molecule has 0 fully saturated rings. The average Bonchev–Trinajstić information content (AvgIpc) is 2.60. The number of hydrogen-bond donors (Lipinski definition) is 7. The third-order valence-corrected chi connectivity index (χ3v) is 3.72. The molecule has 0 spiro atoms. The average molecular weight is 418 g/mol. The monoisotopic (exact) mass is 418 g/mol. The summed E-state index contributed by atoms with van der Waals surface area (Å²) in [5.74, 6) is -7.28. The quantitative estimate of drug-likeness (QED) is 0.166. The molecule has 164 valence electrons. The van der Waals surface area contributed by atoms with E-state index < -0.39 is 79.1 Å². The smallest absolute Gasteiger partial charge is 0.326 e. The largest absolute Gasteiger partial charge is 0.481 e. The molecule has 0 rings (SSSR count). The highest BCUT2D eigenvalue weighted by Gasteiger charge is 2.32. The predicted octanol–water partition coefficient (Wildman–Crippen LogP) is -2.52. The van der Waals surface area contributed by atoms with Gasteiger partial charge in [-0.25, -0.2) is 4.79 Å². The summed E-state index contributed by atoms with van der Waals surface area (Å²) < 4.78 is 0. The number of hydrogen-bond acceptors (Lipinski definition) is 7. The van der Waals surface area contributed by atoms with Crippen molar-refractivity contribution in [3.8, 4) is 0 Å². The number of rotatable bonds is 13. The van der Waals surface area contributed by atoms with Gasteiger partial charge in [0.2, 0.25) is 17.7 Å². The summed E-state index contributed by atoms with van der Waals surface area (Å²) in [4.78, 5) is 69.0. The Morgan fingerprint density at radius 3 is 1.83 bits per heavy atom. The first-order valence-corrected chi connectivity index (χ1v) is 8.65. The van der Waals surface area contributed by atoms with E-state index in [9.17, 15) is 28.8 Å². The van der Waals surface area contributed by atoms with Gasteiger partial charge in [0.05, 0.1) is 13.0 Å². The van der Waals surface area contributed by atoms with Gasteiger partial charge in [-0.15, -0.1) is 0 Å². The Morgan fingerprint density at radius 1 is 0.828 bits per heavy atom. The van der Waals surface area contributed by atoms with Crippen molar-refractivity contribution >= 4 is 35.6 Å². The zero-order chi connectivity index (χ0) is 22.7. The number of nitrogens with one attached hydrogen (secondary N) is 3. The van der Waals surface area contributed by atoms with E-state index in [2.05, 4.69) is 10.6 Å². The molecule has 0 aliphatic carbocycles. The van der Waals surface area contributed by atoms with Crippen LogP contribution >= 0.6 is 0 Å². The van der Waals surface area contributed by atoms with E-state index in [4.69, 9.17) is 21.1 Å². The highest BCUT2D eigenvalue weighted by molar-refractivity contribution is 5.94. The summed E-state index contributed by atoms with van der Waals surface area (Å²) in [5.41, 5.74) is 5.17. The fraction of sp³-hybridized carbons (Fsp3) is 0.625. The van der Waals surface area contributed by atoms with E-state index in [0.717, 1.165) is 0 Å². The van der Waals surface area contributed by atoms with Crippen molar-refractivity contribution in [1.82, 2.24) is 16.0 Å². The van der Waals surface area contributed by atoms with Crippen LogP contribution in [0.1, 0.15) is 33.1 Å². The fourth-order valence-corrected chi connectivity index (χ4v) is 2.21. The van der Waals surface area contributed by atoms with Gasteiger partial charge in [-0.1, -0.05) is 13.8 Å². The summed E-state index contributed by atoms with van der Waals surface area (Å²) in [6, 6.07) is -4.26. The molecule has 0 aromatic heterocycles. The molecular formula is C16H26N4O9. The van der Waals surface area contributed by atoms with Crippen LogP contribution in [0.4, 0.5) is 0 Å². The van der Waals surface area contributed by atoms with Crippen molar-refractivity contribution < 1.29 is 44.1 Å². The minimum atomic E-state index is -1.71. The van der Waals surface area contributed by atoms with Crippen molar-refractivity contribution in [3.63, 3.8) is 0 Å². The van der Waals surface area contributed by atoms with Crippen molar-refractivity contribution in [2.24, 2.45) is 11.7 Å². The second kappa shape index (κ2) is 12.3. The molecule has 0 aliphatic rings. The molecule has 0 heterocycles. The van der Waals surface area contributed by atoms with Crippen LogP contribution in [0.5, 0.6) is 0 Å². The Balaban J connectivity index is 5.33. The number of carboxylic acids is 3. The topological polar surface area (TPSA) is 225 Å². The summed E-state index contributed by atoms with van der Waals surface area (Å²) >= 11 is 0. The standard InChI is InChI=1S/C16H26N4O9/c1-7(2)13(15(27)19-9(16(28)29)5-12(24)25)20-14(26)8(3-4-11(22)23)18-10(21)6-17/h7-9,13H,3-6,17H2,1-2H3,(H,18,21)(H,19,27)(H,20,26)(H,22,23)(H,24,25)(H,28,29)/t8-,9-,13-/m0/s1. The van der Waals surface area contributed by atoms with Crippen LogP contribution in [0.15, 0.2) is 0 Å². The number of carbonyl (C=O) groups excluding carboxylic acids is 3. The van der Waals surface area contributed by atoms with Crippen molar-refractivity contribution in [2.45, 2.75) is 51.2 Å². The number of carboxylic acid groups (broad SMARTS) is 3. The lowest BCUT2D eigenvalue weighted by Crippen LogP contribution is -2.58. The molecule has 3 atom stereocenters. The van der Waals surface area contributed by atoms with Crippen molar-refractivity contribution in [3.05, 3.63) is 0 Å². The second-order valence-corrected chi connectivity index (χ2v) is 6.48. The maximum absolute atomic E-state index is 12.5. The first-order valence-electron chi connectivity index (χ1n) is 8.65. The van der Waals surface area contributed by atoms with Gasteiger partial charge in [-0.3, -0.25) is 24.0 Å². The molecule has 0 saturated carbocycles. The molecule has 0 bridgehead atoms. The van der Waals surface area contributed by atoms with Crippen LogP contribution in [-0.2, 0) is 28.8 Å². The highest BCUT2D eigenvalue weighted by atomic mass is 16.4. The van der Waals surface area contributed by atoms with E-state index in [-0.39, 0.29) is 6.42 Å². The van der Waals surface area contributed by atoms with Crippen molar-refractivity contribution in [2.75, 3.05) is 6.54 Å². The third kappa shape index (κ3) is 10.0. The van der Waals surface area contributed by atoms with Gasteiger partial charge < -0.3 is 37.0 Å². The van der Waals surface area contributed by atoms with Gasteiger partial charge in [0.25, 0.3) is 0 Å². The molecule has 0 saturated heterocycles. The highest BCUT2D eigenvalue weighted by Crippen LogP contribution is 2.06. The number of nitrogens with two attached hydrogens (primary N) is 1. The maximum Gasteiger partial charge on any atom is 0.326 e. The summed E-state index contributed by atoms with van der Waals surface area (Å²) in [6.45, 7) is 2.64. The minimum Gasteiger partial charge on any atom is -0.481 e. The van der Waals surface area contributed by atoms with E-state index in [1.165, 1.54) is 0 Å². The molecule has 13 nitrogen and oxygen atoms in total. The first-order chi connectivity index (χ1) is 13.4. The summed E-state index contributed by atoms with van der Waals surface area (Å²) in [5, 5.41) is 33.2. The molecule has 0 unspecified atom stereocenters. The van der Waals surface area contributed by atoms with Gasteiger partial charge in [0.1, 0.15) is 18.1 Å². The Kier molecular flexibility index (Phi) is 10.9. The van der Waals surface area contributed by atoms with E-state index >= 15 is 0 Å². The fourth-order valence-electron chi connectivity index (χ4n) is 2.21. The van der Waals surface area contributed by atoms with E-state index in [1.807, 2.05) is 5.32 Å². The predicted molar refractivity (Wildman–Crippen MR) is 96.4 cm³/mol. The van der Waals surface area contributed by atoms with Crippen LogP contribution in [0.2, 0.25) is 0 Å². The lowest BCUT2D eigenvalue weighted by molar-refractivity contribution is -0.147. The van der Waals surface area contributed by atoms with Crippen molar-refractivity contribution in [1.29, 1.82) is 0 Å². The third-order valence-electron chi connectivity index (χ3n) is 3.72. The summed E-state index contributed by atoms with van der Waals surface area (Å²) in [7, 11) is 0. The maximum atomic E-state index is 12.5. The van der Waals surface area contributed by atoms with Gasteiger partial charge in [0.15, 0.2) is 0 Å². The Bertz CT molecular complexity index is 650. The molecule has 29 heavy (non-hydrogen) atoms. The van der Waals surface area contributed by atoms with Crippen LogP contribution < -0.4 is 21.7 Å². The van der Waals surface area contributed by atoms with Gasteiger partial charge in [0, 0.05) is 6.42 Å². The summed E-state index contributed by atoms with van der Waals surface area (Å²) in [6.07, 6.45) is -1.58. The lowest BCUT2D eigenvalue weighted by Gasteiger charge is -2.26. The number of aliphatic carboxylic acids is 3. The molecule has 3 amide bonds. The molecule has 0 radical (unpaired) electrons. The van der Waals surface area contributed by atoms with Gasteiger partial charge in [-0.05, 0) is 12.3 Å². The van der Waals surface area contributed by atoms with Gasteiger partial charge >= 0.3 is 17.9 Å². The van der Waals surface area contributed by atoms with E-state index in [0.29, 0.717) is 0 Å². The normalized spacial score (nSPS) is 13.7. The molecule has 8 N–H and O–H groups in total. The Hall–Kier alpha value is -3.22.